The molecule has 0 fully saturated rings. The number of thioether (sulfide) groups is 1. The number of pyridine rings is 1. The molecule has 0 aliphatic heterocycles. The van der Waals surface area contributed by atoms with Crippen LogP contribution in [0.1, 0.15) is 30.5 Å². The summed E-state index contributed by atoms with van der Waals surface area (Å²) in [5.74, 6) is 0.163. The molecule has 0 aliphatic carbocycles. The largest absolute Gasteiger partial charge is 0.618 e. The number of carbonyl (C=O) groups is 1. The Labute approximate surface area is 135 Å². The first kappa shape index (κ1) is 16.4. The summed E-state index contributed by atoms with van der Waals surface area (Å²) in [5.41, 5.74) is 2.30. The molecule has 1 heterocycles. The van der Waals surface area contributed by atoms with Gasteiger partial charge in [-0.05, 0) is 36.7 Å². The molecule has 116 valence electrons. The Bertz CT molecular complexity index is 629. The third-order valence-electron chi connectivity index (χ3n) is 3.36. The van der Waals surface area contributed by atoms with Crippen molar-refractivity contribution in [2.24, 2.45) is 0 Å². The molecular formula is C17H20N2O2S. The lowest BCUT2D eigenvalue weighted by Crippen LogP contribution is -2.31. The molecule has 0 saturated heterocycles. The van der Waals surface area contributed by atoms with Crippen molar-refractivity contribution in [2.75, 3.05) is 5.75 Å². The maximum Gasteiger partial charge on any atom is 0.251 e. The highest BCUT2D eigenvalue weighted by Gasteiger charge is 2.14. The molecule has 2 rings (SSSR count). The van der Waals surface area contributed by atoms with Gasteiger partial charge in [-0.25, -0.2) is 0 Å². The number of aryl methyl sites for hydroxylation is 1. The Morgan fingerprint density at radius 1 is 1.27 bits per heavy atom. The van der Waals surface area contributed by atoms with Gasteiger partial charge in [0.25, 0.3) is 5.03 Å². The Hall–Kier alpha value is -2.01. The van der Waals surface area contributed by atoms with Gasteiger partial charge in [0.15, 0.2) is 6.20 Å². The highest BCUT2D eigenvalue weighted by Crippen LogP contribution is 2.18. The van der Waals surface area contributed by atoms with Crippen molar-refractivity contribution in [3.8, 4) is 0 Å². The van der Waals surface area contributed by atoms with E-state index in [1.807, 2.05) is 38.1 Å². The molecule has 1 aromatic carbocycles. The summed E-state index contributed by atoms with van der Waals surface area (Å²) in [5, 5.41) is 15.1. The highest BCUT2D eigenvalue weighted by molar-refractivity contribution is 7.99. The summed E-state index contributed by atoms with van der Waals surface area (Å²) in [7, 11) is 0. The van der Waals surface area contributed by atoms with E-state index in [0.717, 1.165) is 16.7 Å². The smallest absolute Gasteiger partial charge is 0.251 e. The first-order valence-electron chi connectivity index (χ1n) is 7.27. The minimum atomic E-state index is -0.0683. The van der Waals surface area contributed by atoms with Gasteiger partial charge in [-0.3, -0.25) is 4.79 Å². The van der Waals surface area contributed by atoms with Crippen LogP contribution >= 0.6 is 11.8 Å². The number of nitrogens with one attached hydrogen (secondary N) is 1. The summed E-state index contributed by atoms with van der Waals surface area (Å²) in [6.07, 6.45) is 2.26. The zero-order valence-corrected chi connectivity index (χ0v) is 13.6. The number of amides is 1. The van der Waals surface area contributed by atoms with Crippen molar-refractivity contribution in [3.63, 3.8) is 0 Å². The van der Waals surface area contributed by atoms with Crippen molar-refractivity contribution < 1.29 is 9.52 Å². The molecule has 1 amide bonds. The van der Waals surface area contributed by atoms with Crippen LogP contribution in [0.25, 0.3) is 0 Å². The lowest BCUT2D eigenvalue weighted by Gasteiger charge is -2.17. The summed E-state index contributed by atoms with van der Waals surface area (Å²) in [6.45, 7) is 4.08. The van der Waals surface area contributed by atoms with E-state index >= 15 is 0 Å². The molecule has 1 aromatic heterocycles. The third kappa shape index (κ3) is 4.49. The molecular weight excluding hydrogens is 296 g/mol. The second-order valence-electron chi connectivity index (χ2n) is 5.09. The van der Waals surface area contributed by atoms with Gasteiger partial charge in [0.05, 0.1) is 11.8 Å². The maximum atomic E-state index is 12.1. The van der Waals surface area contributed by atoms with Gasteiger partial charge in [-0.1, -0.05) is 36.8 Å². The van der Waals surface area contributed by atoms with Gasteiger partial charge in [0.2, 0.25) is 5.91 Å². The van der Waals surface area contributed by atoms with Crippen LogP contribution in [0.2, 0.25) is 0 Å². The van der Waals surface area contributed by atoms with Crippen molar-refractivity contribution in [1.82, 2.24) is 5.32 Å². The van der Waals surface area contributed by atoms with Crippen LogP contribution in [0.3, 0.4) is 0 Å². The normalized spacial score (nSPS) is 11.9. The monoisotopic (exact) mass is 316 g/mol. The Morgan fingerprint density at radius 3 is 2.64 bits per heavy atom. The SMILES string of the molecule is CC[C@@H](NC(=O)CSc1cccc[n+]1[O-])c1ccc(C)cc1. The topological polar surface area (TPSA) is 56.0 Å². The molecule has 22 heavy (non-hydrogen) atoms. The average Bonchev–Trinajstić information content (AvgIpc) is 2.53. The molecule has 0 spiro atoms. The lowest BCUT2D eigenvalue weighted by atomic mass is 10.0. The van der Waals surface area contributed by atoms with Crippen LogP contribution in [-0.2, 0) is 4.79 Å². The van der Waals surface area contributed by atoms with E-state index in [0.29, 0.717) is 5.03 Å². The van der Waals surface area contributed by atoms with Gasteiger partial charge < -0.3 is 10.5 Å². The van der Waals surface area contributed by atoms with E-state index in [4.69, 9.17) is 0 Å². The summed E-state index contributed by atoms with van der Waals surface area (Å²) < 4.78 is 0.773. The van der Waals surface area contributed by atoms with Crippen molar-refractivity contribution in [2.45, 2.75) is 31.3 Å². The number of benzene rings is 1. The fraction of sp³-hybridized carbons (Fsp3) is 0.294. The molecule has 5 heteroatoms. The minimum absolute atomic E-state index is 0.00356. The molecule has 1 N–H and O–H groups in total. The van der Waals surface area contributed by atoms with Gasteiger partial charge in [-0.15, -0.1) is 0 Å². The second-order valence-corrected chi connectivity index (χ2v) is 6.09. The fourth-order valence-corrected chi connectivity index (χ4v) is 2.84. The molecule has 4 nitrogen and oxygen atoms in total. The number of rotatable bonds is 6. The van der Waals surface area contributed by atoms with E-state index in [9.17, 15) is 10.0 Å². The Kier molecular flexibility index (Phi) is 5.83. The lowest BCUT2D eigenvalue weighted by molar-refractivity contribution is -0.645. The van der Waals surface area contributed by atoms with Gasteiger partial charge in [0.1, 0.15) is 0 Å². The molecule has 0 saturated carbocycles. The number of carbonyl (C=O) groups excluding carboxylic acids is 1. The fourth-order valence-electron chi connectivity index (χ4n) is 2.12. The molecule has 1 atom stereocenters. The standard InChI is InChI=1S/C17H20N2O2S/c1-3-15(14-9-7-13(2)8-10-14)18-16(20)12-22-17-6-4-5-11-19(17)21/h4-11,15H,3,12H2,1-2H3,(H,18,20)/t15-/m1/s1. The Morgan fingerprint density at radius 2 is 2.00 bits per heavy atom. The second kappa shape index (κ2) is 7.84. The van der Waals surface area contributed by atoms with Gasteiger partial charge in [0, 0.05) is 12.1 Å². The zero-order valence-electron chi connectivity index (χ0n) is 12.8. The summed E-state index contributed by atoms with van der Waals surface area (Å²) >= 11 is 1.24. The van der Waals surface area contributed by atoms with Crippen molar-refractivity contribution in [3.05, 3.63) is 65.0 Å². The average molecular weight is 316 g/mol. The van der Waals surface area contributed by atoms with Crippen LogP contribution in [0.15, 0.2) is 53.7 Å². The minimum Gasteiger partial charge on any atom is -0.618 e. The zero-order chi connectivity index (χ0) is 15.9. The van der Waals surface area contributed by atoms with E-state index in [2.05, 4.69) is 5.32 Å². The third-order valence-corrected chi connectivity index (χ3v) is 4.38. The number of hydrogen-bond acceptors (Lipinski definition) is 3. The van der Waals surface area contributed by atoms with E-state index in [-0.39, 0.29) is 17.7 Å². The number of aromatic nitrogens is 1. The maximum absolute atomic E-state index is 12.1. The van der Waals surface area contributed by atoms with Crippen LogP contribution in [-0.4, -0.2) is 11.7 Å². The van der Waals surface area contributed by atoms with Crippen molar-refractivity contribution >= 4 is 17.7 Å². The molecule has 0 bridgehead atoms. The first-order chi connectivity index (χ1) is 10.6. The van der Waals surface area contributed by atoms with E-state index in [1.165, 1.54) is 23.5 Å². The predicted octanol–water partition coefficient (Wildman–Crippen LogP) is 2.99. The van der Waals surface area contributed by atoms with Crippen molar-refractivity contribution in [1.29, 1.82) is 0 Å². The number of nitrogens with zero attached hydrogens (tertiary/aromatic N) is 1. The highest BCUT2D eigenvalue weighted by atomic mass is 32.2. The molecule has 2 aromatic rings. The van der Waals surface area contributed by atoms with E-state index in [1.54, 1.807) is 18.2 Å². The summed E-state index contributed by atoms with van der Waals surface area (Å²) in [4.78, 5) is 12.1. The predicted molar refractivity (Wildman–Crippen MR) is 88.5 cm³/mol. The molecule has 0 radical (unpaired) electrons. The Balaban J connectivity index is 1.92. The van der Waals surface area contributed by atoms with Crippen LogP contribution in [0.4, 0.5) is 0 Å². The number of hydrogen-bond donors (Lipinski definition) is 1. The quantitative estimate of drug-likeness (QED) is 0.506. The van der Waals surface area contributed by atoms with Gasteiger partial charge >= 0.3 is 0 Å². The van der Waals surface area contributed by atoms with Crippen LogP contribution < -0.4 is 10.0 Å². The van der Waals surface area contributed by atoms with Crippen LogP contribution in [0, 0.1) is 12.1 Å². The summed E-state index contributed by atoms with van der Waals surface area (Å²) in [6, 6.07) is 13.3. The first-order valence-corrected chi connectivity index (χ1v) is 8.25. The molecule has 0 unspecified atom stereocenters. The van der Waals surface area contributed by atoms with E-state index < -0.39 is 0 Å². The van der Waals surface area contributed by atoms with Gasteiger partial charge in [-0.2, -0.15) is 4.73 Å². The van der Waals surface area contributed by atoms with Crippen LogP contribution in [0.5, 0.6) is 0 Å². The molecule has 0 aliphatic rings.